The maximum Gasteiger partial charge on any atom is 0.0140 e. The molecule has 1 aliphatic rings. The van der Waals surface area contributed by atoms with Gasteiger partial charge in [0.25, 0.3) is 0 Å². The quantitative estimate of drug-likeness (QED) is 0.798. The molecule has 2 heteroatoms. The van der Waals surface area contributed by atoms with Gasteiger partial charge in [0, 0.05) is 12.6 Å². The molecule has 3 N–H and O–H groups in total. The second-order valence-corrected chi connectivity index (χ2v) is 6.68. The summed E-state index contributed by atoms with van der Waals surface area (Å²) < 4.78 is 0. The van der Waals surface area contributed by atoms with E-state index in [1.807, 2.05) is 0 Å². The molecule has 2 atom stereocenters. The van der Waals surface area contributed by atoms with E-state index in [-0.39, 0.29) is 5.41 Å². The van der Waals surface area contributed by atoms with E-state index in [1.165, 1.54) is 12.0 Å². The van der Waals surface area contributed by atoms with Gasteiger partial charge in [-0.3, -0.25) is 0 Å². The predicted octanol–water partition coefficient (Wildman–Crippen LogP) is 3.44. The number of benzene rings is 1. The predicted molar refractivity (Wildman–Crippen MR) is 87.4 cm³/mol. The Balaban J connectivity index is 1.91. The van der Waals surface area contributed by atoms with Gasteiger partial charge >= 0.3 is 0 Å². The Bertz CT molecular complexity index is 448. The van der Waals surface area contributed by atoms with Crippen molar-refractivity contribution in [1.82, 2.24) is 5.32 Å². The van der Waals surface area contributed by atoms with E-state index in [1.54, 1.807) is 5.57 Å². The maximum atomic E-state index is 5.78. The molecule has 0 spiro atoms. The van der Waals surface area contributed by atoms with Crippen LogP contribution in [0.1, 0.15) is 39.2 Å². The molecule has 1 aromatic carbocycles. The Morgan fingerprint density at radius 1 is 1.35 bits per heavy atom. The molecule has 1 aliphatic carbocycles. The van der Waals surface area contributed by atoms with Crippen molar-refractivity contribution in [2.75, 3.05) is 13.1 Å². The average molecular weight is 272 g/mol. The fourth-order valence-electron chi connectivity index (χ4n) is 2.54. The third-order valence-electron chi connectivity index (χ3n) is 4.22. The molecule has 1 aromatic rings. The zero-order chi connectivity index (χ0) is 14.6. The van der Waals surface area contributed by atoms with Gasteiger partial charge in [-0.15, -0.1) is 0 Å². The lowest BCUT2D eigenvalue weighted by Crippen LogP contribution is -2.37. The molecule has 0 saturated heterocycles. The van der Waals surface area contributed by atoms with Crippen LogP contribution in [0.4, 0.5) is 0 Å². The van der Waals surface area contributed by atoms with Crippen LogP contribution >= 0.6 is 0 Å². The standard InChI is InChI=1S/C18H28N2/c1-4-15(10-14-8-6-5-7-9-14)16-11-17(16)20-13-18(2,3)12-19/h5-10,16-17,20H,4,11-13,19H2,1-3H3/b15-10+/t16-,17+/m0/s1. The molecule has 0 heterocycles. The molecule has 0 radical (unpaired) electrons. The SMILES string of the molecule is CC/C(=C\c1ccccc1)[C@@H]1C[C@H]1NCC(C)(C)CN. The highest BCUT2D eigenvalue weighted by molar-refractivity contribution is 5.54. The second-order valence-electron chi connectivity index (χ2n) is 6.68. The van der Waals surface area contributed by atoms with Crippen molar-refractivity contribution in [3.63, 3.8) is 0 Å². The summed E-state index contributed by atoms with van der Waals surface area (Å²) in [4.78, 5) is 0. The number of nitrogens with two attached hydrogens (primary N) is 1. The summed E-state index contributed by atoms with van der Waals surface area (Å²) in [7, 11) is 0. The molecule has 0 bridgehead atoms. The van der Waals surface area contributed by atoms with Gasteiger partial charge in [-0.2, -0.15) is 0 Å². The number of nitrogens with one attached hydrogen (secondary N) is 1. The van der Waals surface area contributed by atoms with E-state index in [4.69, 9.17) is 5.73 Å². The summed E-state index contributed by atoms with van der Waals surface area (Å²) in [6.07, 6.45) is 4.77. The molecule has 2 rings (SSSR count). The lowest BCUT2D eigenvalue weighted by Gasteiger charge is -2.23. The Hall–Kier alpha value is -1.12. The molecule has 1 fully saturated rings. The Labute approximate surface area is 123 Å². The van der Waals surface area contributed by atoms with Crippen LogP contribution in [-0.2, 0) is 0 Å². The van der Waals surface area contributed by atoms with Crippen LogP contribution in [0.25, 0.3) is 6.08 Å². The van der Waals surface area contributed by atoms with Crippen molar-refractivity contribution in [3.8, 4) is 0 Å². The first kappa shape index (κ1) is 15.3. The van der Waals surface area contributed by atoms with E-state index >= 15 is 0 Å². The van der Waals surface area contributed by atoms with Crippen LogP contribution in [-0.4, -0.2) is 19.1 Å². The van der Waals surface area contributed by atoms with Crippen LogP contribution in [0.5, 0.6) is 0 Å². The minimum Gasteiger partial charge on any atom is -0.330 e. The highest BCUT2D eigenvalue weighted by Crippen LogP contribution is 2.40. The summed E-state index contributed by atoms with van der Waals surface area (Å²) in [5.74, 6) is 0.716. The smallest absolute Gasteiger partial charge is 0.0140 e. The molecule has 2 nitrogen and oxygen atoms in total. The van der Waals surface area contributed by atoms with Crippen molar-refractivity contribution in [2.45, 2.75) is 39.7 Å². The third-order valence-corrected chi connectivity index (χ3v) is 4.22. The summed E-state index contributed by atoms with van der Waals surface area (Å²) in [6.45, 7) is 8.44. The highest BCUT2D eigenvalue weighted by Gasteiger charge is 2.39. The number of rotatable bonds is 7. The van der Waals surface area contributed by atoms with Crippen LogP contribution < -0.4 is 11.1 Å². The van der Waals surface area contributed by atoms with Gasteiger partial charge in [-0.1, -0.05) is 62.8 Å². The van der Waals surface area contributed by atoms with Gasteiger partial charge in [0.05, 0.1) is 0 Å². The molecule has 110 valence electrons. The average Bonchev–Trinajstić information content (AvgIpc) is 3.23. The molecule has 0 unspecified atom stereocenters. The molecule has 1 saturated carbocycles. The lowest BCUT2D eigenvalue weighted by atomic mass is 9.94. The largest absolute Gasteiger partial charge is 0.330 e. The van der Waals surface area contributed by atoms with Crippen molar-refractivity contribution in [2.24, 2.45) is 17.1 Å². The summed E-state index contributed by atoms with van der Waals surface area (Å²) in [5, 5.41) is 3.68. The topological polar surface area (TPSA) is 38.0 Å². The van der Waals surface area contributed by atoms with Gasteiger partial charge in [0.2, 0.25) is 0 Å². The normalized spacial score (nSPS) is 22.9. The molecule has 0 aliphatic heterocycles. The first-order valence-electron chi connectivity index (χ1n) is 7.74. The number of hydrogen-bond acceptors (Lipinski definition) is 2. The van der Waals surface area contributed by atoms with E-state index in [0.717, 1.165) is 19.5 Å². The zero-order valence-electron chi connectivity index (χ0n) is 13.0. The minimum absolute atomic E-state index is 0.197. The van der Waals surface area contributed by atoms with Gasteiger partial charge in [-0.25, -0.2) is 0 Å². The van der Waals surface area contributed by atoms with E-state index < -0.39 is 0 Å². The van der Waals surface area contributed by atoms with E-state index in [0.29, 0.717) is 12.0 Å². The summed E-state index contributed by atoms with van der Waals surface area (Å²) in [6, 6.07) is 11.3. The van der Waals surface area contributed by atoms with Crippen LogP contribution in [0.15, 0.2) is 35.9 Å². The lowest BCUT2D eigenvalue weighted by molar-refractivity contribution is 0.348. The highest BCUT2D eigenvalue weighted by atomic mass is 15.0. The fraction of sp³-hybridized carbons (Fsp3) is 0.556. The van der Waals surface area contributed by atoms with Crippen molar-refractivity contribution >= 4 is 6.08 Å². The van der Waals surface area contributed by atoms with Crippen molar-refractivity contribution < 1.29 is 0 Å². The maximum absolute atomic E-state index is 5.78. The second kappa shape index (κ2) is 6.55. The van der Waals surface area contributed by atoms with E-state index in [2.05, 4.69) is 62.5 Å². The van der Waals surface area contributed by atoms with Crippen LogP contribution in [0.2, 0.25) is 0 Å². The van der Waals surface area contributed by atoms with Crippen molar-refractivity contribution in [3.05, 3.63) is 41.5 Å². The summed E-state index contributed by atoms with van der Waals surface area (Å²) >= 11 is 0. The van der Waals surface area contributed by atoms with Crippen molar-refractivity contribution in [1.29, 1.82) is 0 Å². The van der Waals surface area contributed by atoms with Gasteiger partial charge in [-0.05, 0) is 36.3 Å². The third kappa shape index (κ3) is 4.19. The first-order chi connectivity index (χ1) is 9.55. The number of hydrogen-bond donors (Lipinski definition) is 2. The Morgan fingerprint density at radius 3 is 2.65 bits per heavy atom. The van der Waals surface area contributed by atoms with Gasteiger partial charge < -0.3 is 11.1 Å². The van der Waals surface area contributed by atoms with Gasteiger partial charge in [0.1, 0.15) is 0 Å². The molecular formula is C18H28N2. The summed E-state index contributed by atoms with van der Waals surface area (Å²) in [5.41, 5.74) is 8.87. The minimum atomic E-state index is 0.197. The van der Waals surface area contributed by atoms with Crippen LogP contribution in [0.3, 0.4) is 0 Å². The zero-order valence-corrected chi connectivity index (χ0v) is 13.0. The molecule has 0 aromatic heterocycles. The molecule has 20 heavy (non-hydrogen) atoms. The fourth-order valence-corrected chi connectivity index (χ4v) is 2.54. The monoisotopic (exact) mass is 272 g/mol. The molecular weight excluding hydrogens is 244 g/mol. The van der Waals surface area contributed by atoms with Gasteiger partial charge in [0.15, 0.2) is 0 Å². The first-order valence-corrected chi connectivity index (χ1v) is 7.74. The molecule has 0 amide bonds. The van der Waals surface area contributed by atoms with E-state index in [9.17, 15) is 0 Å². The van der Waals surface area contributed by atoms with Crippen LogP contribution in [0, 0.1) is 11.3 Å². The Morgan fingerprint density at radius 2 is 2.05 bits per heavy atom. The Kier molecular flexibility index (Phi) is 5.00.